The molecule has 546 valence electrons. The Labute approximate surface area is 649 Å². The number of nitriles is 3. The van der Waals surface area contributed by atoms with Gasteiger partial charge in [-0.2, -0.15) is 15.8 Å². The Morgan fingerprint density at radius 1 is 0.519 bits per heavy atom. The molecule has 106 heavy (non-hydrogen) atoms. The molecule has 5 heterocycles. The molecule has 0 unspecified atom stereocenters. The first kappa shape index (κ1) is 76.3. The van der Waals surface area contributed by atoms with Gasteiger partial charge in [-0.25, -0.2) is 0 Å². The molecule has 13 rings (SSSR count). The van der Waals surface area contributed by atoms with Crippen molar-refractivity contribution in [1.82, 2.24) is 0 Å². The molecule has 6 nitrogen and oxygen atoms in total. The summed E-state index contributed by atoms with van der Waals surface area (Å²) >= 11 is 7.70. The molecule has 2 aliphatic carbocycles. The van der Waals surface area contributed by atoms with Gasteiger partial charge in [-0.3, -0.25) is 0 Å². The topological polar surface area (TPSA) is 93.1 Å². The molecule has 0 amide bonds. The number of nitrogens with zero attached hydrogens (tertiary/aromatic N) is 4. The highest BCUT2D eigenvalue weighted by Crippen LogP contribution is 2.68. The molecule has 0 radical (unpaired) electrons. The molecule has 4 aromatic heterocycles. The number of aryl methyl sites for hydroxylation is 4. The van der Waals surface area contributed by atoms with E-state index in [9.17, 15) is 15.8 Å². The van der Waals surface area contributed by atoms with E-state index in [1.165, 1.54) is 225 Å². The Kier molecular flexibility index (Phi) is 23.4. The smallest absolute Gasteiger partial charge is 0.192 e. The summed E-state index contributed by atoms with van der Waals surface area (Å²) in [6, 6.07) is 65.4. The molecule has 0 spiro atoms. The van der Waals surface area contributed by atoms with Gasteiger partial charge in [-0.05, 0) is 198 Å². The zero-order valence-electron chi connectivity index (χ0n) is 64.8. The third kappa shape index (κ3) is 14.6. The van der Waals surface area contributed by atoms with E-state index in [4.69, 9.17) is 9.16 Å². The van der Waals surface area contributed by atoms with Crippen LogP contribution in [0.5, 0.6) is 0 Å². The Morgan fingerprint density at radius 2 is 0.934 bits per heavy atom. The molecular weight excluding hydrogens is 1390 g/mol. The van der Waals surface area contributed by atoms with Crippen LogP contribution in [0.2, 0.25) is 18.1 Å². The van der Waals surface area contributed by atoms with Gasteiger partial charge < -0.3 is 14.1 Å². The van der Waals surface area contributed by atoms with Crippen molar-refractivity contribution in [2.45, 2.75) is 225 Å². The van der Waals surface area contributed by atoms with Gasteiger partial charge in [0.15, 0.2) is 19.6 Å². The summed E-state index contributed by atoms with van der Waals surface area (Å²) in [4.78, 5) is 7.35. The van der Waals surface area contributed by atoms with Gasteiger partial charge >= 0.3 is 0 Å². The zero-order chi connectivity index (χ0) is 74.5. The minimum absolute atomic E-state index is 0.0487. The van der Waals surface area contributed by atoms with Crippen molar-refractivity contribution in [3.63, 3.8) is 0 Å². The highest BCUT2D eigenvalue weighted by atomic mass is 32.1. The average Bonchev–Trinajstić information content (AvgIpc) is 1.49. The second kappa shape index (κ2) is 32.5. The number of hydrogen-bond donors (Lipinski definition) is 0. The summed E-state index contributed by atoms with van der Waals surface area (Å²) in [5.41, 5.74) is 19.5. The second-order valence-electron chi connectivity index (χ2n) is 32.1. The monoisotopic (exact) mass is 1490 g/mol. The van der Waals surface area contributed by atoms with E-state index in [1.807, 2.05) is 77.4 Å². The predicted octanol–water partition coefficient (Wildman–Crippen LogP) is 27.5. The number of anilines is 1. The molecule has 11 heteroatoms. The van der Waals surface area contributed by atoms with Crippen LogP contribution in [0.3, 0.4) is 0 Å². The van der Waals surface area contributed by atoms with Crippen LogP contribution < -0.4 is 4.90 Å². The standard InChI is InChI=1S/C95H106N4O2S4Si/c1-13-17-21-25-29-64-33-43-70(44-34-64)94(71-45-35-65(36-46-71)30-26-22-18-14-2)80-59-77-81(58-76(80)88-85(94)90-83(104-88)57-75(102-90)53-54-79-78(63-98)87(69(61-96)62-97)101-93(79,8)9)95(72-47-37-66(38-48-72)31-27-23-19-15-3,73-49-39-67(40-50-73)32-28-24-20-16-4)86-89(77)105-84-60-82(103-91(84)86)68-41-51-74(52-42-68)99(10)55-56-100-106(11,12)92(5,6)7/h33-54,57-60H,13-32,55-56H2,1-12H3/b54-53+. The lowest BCUT2D eigenvalue weighted by molar-refractivity contribution is 0.0954. The average molecular weight is 1490 g/mol. The SMILES string of the molecule is CCCCCCc1ccc(C2(c3ccc(CCCCCC)cc3)c3cc4c(cc3-c3sc5cc(/C=C/C6=C(C#N)C(=C(C#N)C#N)OC6(C)C)sc5c32)C(c2ccc(CCCCCC)cc2)(c2ccc(CCCCCC)cc2)c2c-4sc3cc(-c4ccc(N(C)CCO[Si](C)(C)C(C)(C)C)cc4)sc23)cc1. The summed E-state index contributed by atoms with van der Waals surface area (Å²) in [6.07, 6.45) is 27.9. The molecule has 3 aliphatic rings. The quantitative estimate of drug-likeness (QED) is 0.0237. The van der Waals surface area contributed by atoms with Crippen molar-refractivity contribution < 1.29 is 9.16 Å². The first-order valence-corrected chi connectivity index (χ1v) is 45.7. The molecule has 1 aliphatic heterocycles. The Hall–Kier alpha value is -7.89. The van der Waals surface area contributed by atoms with E-state index < -0.39 is 24.7 Å². The molecule has 0 bridgehead atoms. The van der Waals surface area contributed by atoms with E-state index in [0.29, 0.717) is 12.2 Å². The first-order chi connectivity index (χ1) is 51.3. The molecule has 0 N–H and O–H groups in total. The third-order valence-corrected chi connectivity index (χ3v) is 33.0. The highest BCUT2D eigenvalue weighted by Gasteiger charge is 2.55. The Balaban J connectivity index is 1.05. The van der Waals surface area contributed by atoms with Crippen LogP contribution in [-0.4, -0.2) is 34.1 Å². The number of fused-ring (bicyclic) bond motifs is 10. The van der Waals surface area contributed by atoms with Gasteiger partial charge in [0.25, 0.3) is 0 Å². The van der Waals surface area contributed by atoms with Crippen molar-refractivity contribution in [3.05, 3.63) is 246 Å². The number of thiophene rings is 4. The fourth-order valence-electron chi connectivity index (χ4n) is 16.5. The lowest BCUT2D eigenvalue weighted by Gasteiger charge is -2.36. The van der Waals surface area contributed by atoms with Crippen LogP contribution in [0.1, 0.15) is 237 Å². The third-order valence-electron chi connectivity index (χ3n) is 23.5. The summed E-state index contributed by atoms with van der Waals surface area (Å²) < 4.78 is 18.1. The van der Waals surface area contributed by atoms with E-state index in [2.05, 4.69) is 231 Å². The second-order valence-corrected chi connectivity index (χ2v) is 41.1. The Morgan fingerprint density at radius 3 is 1.33 bits per heavy atom. The number of rotatable bonds is 32. The number of benzene rings is 6. The maximum Gasteiger partial charge on any atom is 0.192 e. The number of allylic oxidation sites excluding steroid dienone is 2. The number of unbranched alkanes of at least 4 members (excludes halogenated alkanes) is 12. The maximum atomic E-state index is 10.6. The molecule has 0 atom stereocenters. The zero-order valence-corrected chi connectivity index (χ0v) is 69.1. The summed E-state index contributed by atoms with van der Waals surface area (Å²) in [5.74, 6) is 0.0487. The fourth-order valence-corrected chi connectivity index (χ4v) is 23.0. The van der Waals surface area contributed by atoms with Gasteiger partial charge in [-0.1, -0.05) is 241 Å². The molecule has 0 saturated heterocycles. The molecule has 10 aromatic rings. The fraction of sp³-hybridized carbons (Fsp3) is 0.400. The van der Waals surface area contributed by atoms with Crippen molar-refractivity contribution in [2.75, 3.05) is 25.1 Å². The molecular formula is C95H106N4O2S4Si. The van der Waals surface area contributed by atoms with Crippen LogP contribution in [0.25, 0.3) is 56.2 Å². The van der Waals surface area contributed by atoms with Crippen molar-refractivity contribution in [1.29, 1.82) is 15.8 Å². The van der Waals surface area contributed by atoms with Gasteiger partial charge in [0.2, 0.25) is 0 Å². The minimum Gasteiger partial charge on any atom is -0.480 e. The minimum atomic E-state index is -1.88. The number of likely N-dealkylation sites (N-methyl/N-ethyl adjacent to an activating group) is 1. The molecule has 6 aromatic carbocycles. The van der Waals surface area contributed by atoms with Gasteiger partial charge in [-0.15, -0.1) is 45.3 Å². The predicted molar refractivity (Wildman–Crippen MR) is 456 cm³/mol. The summed E-state index contributed by atoms with van der Waals surface area (Å²) in [5, 5.41) is 30.8. The van der Waals surface area contributed by atoms with Crippen LogP contribution in [0.4, 0.5) is 5.69 Å². The van der Waals surface area contributed by atoms with E-state index in [0.717, 1.165) is 37.1 Å². The van der Waals surface area contributed by atoms with Crippen LogP contribution in [-0.2, 0) is 45.7 Å². The van der Waals surface area contributed by atoms with Crippen molar-refractivity contribution in [3.8, 4) is 49.5 Å². The molecule has 0 fully saturated rings. The number of hydrogen-bond acceptors (Lipinski definition) is 10. The van der Waals surface area contributed by atoms with Crippen molar-refractivity contribution >= 4 is 84.2 Å². The van der Waals surface area contributed by atoms with Crippen LogP contribution in [0.15, 0.2) is 174 Å². The maximum absolute atomic E-state index is 10.6. The van der Waals surface area contributed by atoms with E-state index in [-0.39, 0.29) is 21.9 Å². The lowest BCUT2D eigenvalue weighted by atomic mass is 9.65. The van der Waals surface area contributed by atoms with Crippen molar-refractivity contribution in [2.24, 2.45) is 0 Å². The summed E-state index contributed by atoms with van der Waals surface area (Å²) in [7, 11) is 0.316. The van der Waals surface area contributed by atoms with Gasteiger partial charge in [0, 0.05) is 64.9 Å². The van der Waals surface area contributed by atoms with Crippen LogP contribution >= 0.6 is 45.3 Å². The highest BCUT2D eigenvalue weighted by molar-refractivity contribution is 7.32. The number of ether oxygens (including phenoxy) is 1. The van der Waals surface area contributed by atoms with E-state index in [1.54, 1.807) is 0 Å². The van der Waals surface area contributed by atoms with Gasteiger partial charge in [0.05, 0.1) is 26.8 Å². The normalized spacial score (nSPS) is 14.7. The summed E-state index contributed by atoms with van der Waals surface area (Å²) in [6.45, 7) is 26.2. The largest absolute Gasteiger partial charge is 0.480 e. The van der Waals surface area contributed by atoms with E-state index >= 15 is 0 Å². The van der Waals surface area contributed by atoms with Gasteiger partial charge in [0.1, 0.15) is 29.4 Å². The van der Waals surface area contributed by atoms with Crippen LogP contribution in [0, 0.1) is 34.0 Å². The molecule has 0 saturated carbocycles. The lowest BCUT2D eigenvalue weighted by Crippen LogP contribution is -2.42. The Bertz CT molecular complexity index is 4900. The first-order valence-electron chi connectivity index (χ1n) is 39.5.